The maximum atomic E-state index is 10.9. The van der Waals surface area contributed by atoms with Gasteiger partial charge >= 0.3 is 0 Å². The summed E-state index contributed by atoms with van der Waals surface area (Å²) in [7, 11) is -1.11. The Labute approximate surface area is 181 Å². The molecule has 0 saturated heterocycles. The van der Waals surface area contributed by atoms with E-state index in [2.05, 4.69) is 29.7 Å². The molecule has 0 N–H and O–H groups in total. The number of pyridine rings is 1. The Balaban J connectivity index is 1.42. The van der Waals surface area contributed by atoms with Crippen molar-refractivity contribution in [3.63, 3.8) is 0 Å². The van der Waals surface area contributed by atoms with Gasteiger partial charge in [-0.3, -0.25) is 4.79 Å². The number of benzene rings is 1. The van der Waals surface area contributed by atoms with E-state index in [4.69, 9.17) is 13.9 Å². The monoisotopic (exact) mass is 435 g/mol. The fraction of sp³-hybridized carbons (Fsp3) is 0.261. The number of aldehydes is 1. The molecule has 0 amide bonds. The molecule has 0 aliphatic rings. The van der Waals surface area contributed by atoms with Gasteiger partial charge in [0.25, 0.3) is 0 Å². The molecule has 0 unspecified atom stereocenters. The van der Waals surface area contributed by atoms with Crippen molar-refractivity contribution in [1.29, 1.82) is 0 Å². The molecule has 0 aliphatic carbocycles. The number of rotatable bonds is 9. The summed E-state index contributed by atoms with van der Waals surface area (Å²) in [6.07, 6.45) is 4.19. The Morgan fingerprint density at radius 1 is 1.13 bits per heavy atom. The third-order valence-corrected chi connectivity index (χ3v) is 6.51. The summed E-state index contributed by atoms with van der Waals surface area (Å²) >= 11 is 0. The van der Waals surface area contributed by atoms with E-state index in [-0.39, 0.29) is 5.76 Å². The predicted molar refractivity (Wildman–Crippen MR) is 121 cm³/mol. The maximum Gasteiger partial charge on any atom is 0.219 e. The molecular weight excluding hydrogens is 410 g/mol. The molecule has 0 fully saturated rings. The molecular formula is C23H25N3O4Si. The summed E-state index contributed by atoms with van der Waals surface area (Å²) in [5, 5.41) is 5.21. The van der Waals surface area contributed by atoms with Crippen molar-refractivity contribution < 1.29 is 18.7 Å². The van der Waals surface area contributed by atoms with Crippen molar-refractivity contribution in [2.45, 2.75) is 32.4 Å². The number of aromatic nitrogens is 3. The first-order valence-electron chi connectivity index (χ1n) is 10.1. The number of carbonyl (C=O) groups is 1. The summed E-state index contributed by atoms with van der Waals surface area (Å²) in [6, 6.07) is 13.9. The Bertz CT molecular complexity index is 1180. The Kier molecular flexibility index (Phi) is 6.01. The van der Waals surface area contributed by atoms with Crippen LogP contribution in [0.15, 0.2) is 59.3 Å². The summed E-state index contributed by atoms with van der Waals surface area (Å²) in [6.45, 7) is 8.16. The van der Waals surface area contributed by atoms with Gasteiger partial charge in [-0.1, -0.05) is 19.6 Å². The smallest absolute Gasteiger partial charge is 0.219 e. The zero-order valence-electron chi connectivity index (χ0n) is 17.9. The van der Waals surface area contributed by atoms with Crippen LogP contribution < -0.4 is 4.74 Å². The van der Waals surface area contributed by atoms with Crippen LogP contribution in [-0.4, -0.2) is 35.7 Å². The normalized spacial score (nSPS) is 11.7. The first-order valence-corrected chi connectivity index (χ1v) is 13.8. The summed E-state index contributed by atoms with van der Waals surface area (Å²) in [5.41, 5.74) is 2.45. The zero-order valence-corrected chi connectivity index (χ0v) is 18.9. The highest BCUT2D eigenvalue weighted by atomic mass is 28.3. The fourth-order valence-electron chi connectivity index (χ4n) is 3.08. The fourth-order valence-corrected chi connectivity index (χ4v) is 3.83. The van der Waals surface area contributed by atoms with E-state index in [1.165, 1.54) is 0 Å². The van der Waals surface area contributed by atoms with Gasteiger partial charge in [-0.15, -0.1) is 0 Å². The minimum Gasteiger partial charge on any atom is -0.453 e. The molecule has 4 rings (SSSR count). The van der Waals surface area contributed by atoms with E-state index in [1.807, 2.05) is 35.0 Å². The van der Waals surface area contributed by atoms with Crippen LogP contribution in [0.5, 0.6) is 11.6 Å². The first kappa shape index (κ1) is 21.0. The van der Waals surface area contributed by atoms with E-state index in [0.717, 1.165) is 29.3 Å². The number of hydrogen-bond acceptors (Lipinski definition) is 6. The average Bonchev–Trinajstić information content (AvgIpc) is 3.37. The largest absolute Gasteiger partial charge is 0.453 e. The summed E-state index contributed by atoms with van der Waals surface area (Å²) in [4.78, 5) is 15.3. The van der Waals surface area contributed by atoms with Gasteiger partial charge in [-0.2, -0.15) is 5.10 Å². The number of nitrogens with zero attached hydrogens (tertiary/aromatic N) is 3. The Hall–Kier alpha value is -3.23. The molecule has 4 aromatic rings. The van der Waals surface area contributed by atoms with E-state index >= 15 is 0 Å². The summed E-state index contributed by atoms with van der Waals surface area (Å²) < 4.78 is 18.9. The van der Waals surface area contributed by atoms with Gasteiger partial charge in [0.2, 0.25) is 5.88 Å². The molecule has 1 aromatic carbocycles. The van der Waals surface area contributed by atoms with Crippen molar-refractivity contribution in [3.05, 3.63) is 60.6 Å². The molecule has 3 aromatic heterocycles. The van der Waals surface area contributed by atoms with Crippen LogP contribution in [0.2, 0.25) is 25.7 Å². The maximum absolute atomic E-state index is 10.9. The highest BCUT2D eigenvalue weighted by Gasteiger charge is 2.13. The van der Waals surface area contributed by atoms with E-state index in [0.29, 0.717) is 30.2 Å². The first-order chi connectivity index (χ1) is 14.9. The van der Waals surface area contributed by atoms with Crippen LogP contribution in [0.1, 0.15) is 10.6 Å². The molecule has 160 valence electrons. The third kappa shape index (κ3) is 5.28. The molecule has 0 atom stereocenters. The van der Waals surface area contributed by atoms with Crippen molar-refractivity contribution in [2.24, 2.45) is 0 Å². The van der Waals surface area contributed by atoms with Crippen LogP contribution in [-0.2, 0) is 11.5 Å². The van der Waals surface area contributed by atoms with Gasteiger partial charge in [0.1, 0.15) is 18.1 Å². The topological polar surface area (TPSA) is 79.4 Å². The Morgan fingerprint density at radius 2 is 2.00 bits per heavy atom. The minimum atomic E-state index is -1.11. The highest BCUT2D eigenvalue weighted by Crippen LogP contribution is 2.28. The molecule has 3 heterocycles. The second-order valence-corrected chi connectivity index (χ2v) is 14.1. The van der Waals surface area contributed by atoms with Crippen molar-refractivity contribution in [1.82, 2.24) is 14.8 Å². The lowest BCUT2D eigenvalue weighted by Gasteiger charge is -2.16. The number of hydrogen-bond donors (Lipinski definition) is 0. The molecule has 0 radical (unpaired) electrons. The van der Waals surface area contributed by atoms with Crippen LogP contribution >= 0.6 is 0 Å². The number of carbonyl (C=O) groups excluding carboxylic acids is 1. The molecule has 0 saturated carbocycles. The molecule has 0 spiro atoms. The predicted octanol–water partition coefficient (Wildman–Crippen LogP) is 5.61. The molecule has 0 aliphatic heterocycles. The number of fused-ring (bicyclic) bond motifs is 1. The van der Waals surface area contributed by atoms with Crippen molar-refractivity contribution >= 4 is 25.3 Å². The average molecular weight is 436 g/mol. The van der Waals surface area contributed by atoms with Crippen molar-refractivity contribution in [3.8, 4) is 22.9 Å². The molecule has 7 nitrogen and oxygen atoms in total. The summed E-state index contributed by atoms with van der Waals surface area (Å²) in [5.74, 6) is 1.33. The second-order valence-electron chi connectivity index (χ2n) is 8.52. The van der Waals surface area contributed by atoms with Crippen LogP contribution in [0, 0.1) is 0 Å². The molecule has 31 heavy (non-hydrogen) atoms. The molecule has 8 heteroatoms. The number of furan rings is 1. The highest BCUT2D eigenvalue weighted by molar-refractivity contribution is 6.76. The third-order valence-electron chi connectivity index (χ3n) is 4.81. The minimum absolute atomic E-state index is 0.288. The van der Waals surface area contributed by atoms with Gasteiger partial charge in [-0.25, -0.2) is 9.67 Å². The van der Waals surface area contributed by atoms with Gasteiger partial charge in [0.05, 0.1) is 5.69 Å². The van der Waals surface area contributed by atoms with Gasteiger partial charge < -0.3 is 13.9 Å². The van der Waals surface area contributed by atoms with Gasteiger partial charge in [0, 0.05) is 50.2 Å². The standard InChI is InChI=1S/C23H25N3O4Si/c1-31(2,3)11-10-28-16-26-21(8-9-25-26)18-5-7-23(24-14-18)30-19-6-4-17-12-20(15-27)29-22(17)13-19/h4-9,12-15H,10-11,16H2,1-3H3. The van der Waals surface area contributed by atoms with Gasteiger partial charge in [0.15, 0.2) is 12.0 Å². The lowest BCUT2D eigenvalue weighted by Crippen LogP contribution is -2.22. The van der Waals surface area contributed by atoms with Crippen LogP contribution in [0.25, 0.3) is 22.2 Å². The zero-order chi connectivity index (χ0) is 21.8. The van der Waals surface area contributed by atoms with E-state index in [1.54, 1.807) is 24.5 Å². The quantitative estimate of drug-likeness (QED) is 0.193. The Morgan fingerprint density at radius 3 is 2.74 bits per heavy atom. The molecule has 0 bridgehead atoms. The van der Waals surface area contributed by atoms with Crippen LogP contribution in [0.4, 0.5) is 0 Å². The van der Waals surface area contributed by atoms with Gasteiger partial charge in [-0.05, 0) is 36.4 Å². The van der Waals surface area contributed by atoms with Crippen molar-refractivity contribution in [2.75, 3.05) is 6.61 Å². The lowest BCUT2D eigenvalue weighted by atomic mass is 10.2. The van der Waals surface area contributed by atoms with Crippen LogP contribution in [0.3, 0.4) is 0 Å². The SMILES string of the molecule is C[Si](C)(C)CCOCn1nccc1-c1ccc(Oc2ccc3cc(C=O)oc3c2)nc1. The number of ether oxygens (including phenoxy) is 2. The second kappa shape index (κ2) is 8.87. The lowest BCUT2D eigenvalue weighted by molar-refractivity contribution is 0.0798. The van der Waals surface area contributed by atoms with E-state index < -0.39 is 8.07 Å². The van der Waals surface area contributed by atoms with E-state index in [9.17, 15) is 4.79 Å².